The molecule has 1 saturated heterocycles. The van der Waals surface area contributed by atoms with Gasteiger partial charge in [-0.2, -0.15) is 0 Å². The Labute approximate surface area is 112 Å². The van der Waals surface area contributed by atoms with Crippen molar-refractivity contribution in [2.24, 2.45) is 0 Å². The molecule has 0 aliphatic carbocycles. The van der Waals surface area contributed by atoms with Gasteiger partial charge in [0.05, 0.1) is 7.11 Å². The summed E-state index contributed by atoms with van der Waals surface area (Å²) in [6.45, 7) is 4.04. The summed E-state index contributed by atoms with van der Waals surface area (Å²) >= 11 is 6.23. The van der Waals surface area contributed by atoms with Crippen LogP contribution in [-0.4, -0.2) is 18.1 Å². The third kappa shape index (κ3) is 1.73. The van der Waals surface area contributed by atoms with E-state index in [1.807, 2.05) is 31.2 Å². The number of benzene rings is 1. The Morgan fingerprint density at radius 1 is 1.33 bits per heavy atom. The molecule has 2 atom stereocenters. The maximum atomic E-state index is 11.7. The van der Waals surface area contributed by atoms with E-state index in [-0.39, 0.29) is 0 Å². The van der Waals surface area contributed by atoms with Crippen molar-refractivity contribution in [2.45, 2.75) is 37.4 Å². The number of alkyl halides is 1. The van der Waals surface area contributed by atoms with Gasteiger partial charge in [-0.1, -0.05) is 49.7 Å². The van der Waals surface area contributed by atoms with Gasteiger partial charge in [-0.25, -0.2) is 4.79 Å². The monoisotopic (exact) mass is 268 g/mol. The van der Waals surface area contributed by atoms with Crippen molar-refractivity contribution in [1.82, 2.24) is 0 Å². The molecule has 2 unspecified atom stereocenters. The summed E-state index contributed by atoms with van der Waals surface area (Å²) in [4.78, 5) is 11.7. The van der Waals surface area contributed by atoms with Crippen LogP contribution in [0.15, 0.2) is 24.3 Å². The van der Waals surface area contributed by atoms with E-state index in [0.717, 1.165) is 12.0 Å². The van der Waals surface area contributed by atoms with Gasteiger partial charge in [0.15, 0.2) is 5.60 Å². The van der Waals surface area contributed by atoms with Crippen molar-refractivity contribution < 1.29 is 14.3 Å². The van der Waals surface area contributed by atoms with Gasteiger partial charge in [-0.15, -0.1) is 0 Å². The van der Waals surface area contributed by atoms with Crippen LogP contribution in [0.2, 0.25) is 0 Å². The topological polar surface area (TPSA) is 38.8 Å². The van der Waals surface area contributed by atoms with Gasteiger partial charge < -0.3 is 9.47 Å². The standard InChI is InChI=1S/C14H17ClO3/c1-4-10-6-8-11(9-7-10)13(5-2)14(15,18-13)12(16)17-3/h6-9H,4-5H2,1-3H3. The van der Waals surface area contributed by atoms with Crippen LogP contribution < -0.4 is 0 Å². The first kappa shape index (κ1) is 13.4. The van der Waals surface area contributed by atoms with Gasteiger partial charge in [0.25, 0.3) is 5.06 Å². The van der Waals surface area contributed by atoms with Crippen molar-refractivity contribution in [1.29, 1.82) is 0 Å². The molecule has 3 nitrogen and oxygen atoms in total. The number of carbonyl (C=O) groups is 1. The summed E-state index contributed by atoms with van der Waals surface area (Å²) in [5.41, 5.74) is 1.40. The zero-order valence-electron chi connectivity index (χ0n) is 10.8. The van der Waals surface area contributed by atoms with Crippen LogP contribution in [0.25, 0.3) is 0 Å². The summed E-state index contributed by atoms with van der Waals surface area (Å²) in [5.74, 6) is -0.536. The van der Waals surface area contributed by atoms with Crippen LogP contribution in [0.3, 0.4) is 0 Å². The molecule has 0 N–H and O–H groups in total. The number of ether oxygens (including phenoxy) is 2. The molecule has 0 amide bonds. The van der Waals surface area contributed by atoms with Gasteiger partial charge in [-0.3, -0.25) is 0 Å². The van der Waals surface area contributed by atoms with Crippen molar-refractivity contribution in [3.8, 4) is 0 Å². The minimum atomic E-state index is -1.37. The Bertz CT molecular complexity index is 457. The summed E-state index contributed by atoms with van der Waals surface area (Å²) in [7, 11) is 1.31. The van der Waals surface area contributed by atoms with Gasteiger partial charge in [0, 0.05) is 0 Å². The highest BCUT2D eigenvalue weighted by Gasteiger charge is 2.75. The molecule has 0 bridgehead atoms. The number of epoxide rings is 1. The fourth-order valence-corrected chi connectivity index (χ4v) is 2.76. The zero-order valence-corrected chi connectivity index (χ0v) is 11.6. The van der Waals surface area contributed by atoms with Crippen LogP contribution in [0.1, 0.15) is 31.4 Å². The fourth-order valence-electron chi connectivity index (χ4n) is 2.31. The summed E-state index contributed by atoms with van der Waals surface area (Å²) in [6, 6.07) is 8.00. The van der Waals surface area contributed by atoms with Crippen LogP contribution >= 0.6 is 11.6 Å². The van der Waals surface area contributed by atoms with Gasteiger partial charge in [0.1, 0.15) is 0 Å². The number of hydrogen-bond acceptors (Lipinski definition) is 3. The molecule has 2 rings (SSSR count). The highest BCUT2D eigenvalue weighted by molar-refractivity contribution is 6.35. The lowest BCUT2D eigenvalue weighted by molar-refractivity contribution is -0.143. The Morgan fingerprint density at radius 3 is 2.39 bits per heavy atom. The molecule has 1 aliphatic heterocycles. The lowest BCUT2D eigenvalue weighted by Crippen LogP contribution is -2.28. The van der Waals surface area contributed by atoms with E-state index in [0.29, 0.717) is 6.42 Å². The van der Waals surface area contributed by atoms with Crippen LogP contribution in [-0.2, 0) is 26.3 Å². The van der Waals surface area contributed by atoms with Crippen LogP contribution in [0, 0.1) is 0 Å². The van der Waals surface area contributed by atoms with E-state index in [2.05, 4.69) is 6.92 Å². The van der Waals surface area contributed by atoms with Crippen LogP contribution in [0.5, 0.6) is 0 Å². The molecule has 1 aromatic carbocycles. The summed E-state index contributed by atoms with van der Waals surface area (Å²) < 4.78 is 10.2. The lowest BCUT2D eigenvalue weighted by atomic mass is 9.91. The first-order valence-corrected chi connectivity index (χ1v) is 6.48. The fraction of sp³-hybridized carbons (Fsp3) is 0.500. The summed E-state index contributed by atoms with van der Waals surface area (Å²) in [5, 5.41) is -1.37. The molecular weight excluding hydrogens is 252 g/mol. The molecule has 1 fully saturated rings. The molecule has 0 aromatic heterocycles. The highest BCUT2D eigenvalue weighted by atomic mass is 35.5. The number of rotatable bonds is 4. The minimum absolute atomic E-state index is 0.536. The second-order valence-electron chi connectivity index (χ2n) is 4.42. The molecule has 0 radical (unpaired) electrons. The van der Waals surface area contributed by atoms with Crippen molar-refractivity contribution in [3.63, 3.8) is 0 Å². The SMILES string of the molecule is CCc1ccc(C2(CC)OC2(Cl)C(=O)OC)cc1. The largest absolute Gasteiger partial charge is 0.466 e. The van der Waals surface area contributed by atoms with E-state index in [1.165, 1.54) is 12.7 Å². The van der Waals surface area contributed by atoms with E-state index in [9.17, 15) is 4.79 Å². The number of esters is 1. The highest BCUT2D eigenvalue weighted by Crippen LogP contribution is 2.61. The molecule has 1 heterocycles. The predicted molar refractivity (Wildman–Crippen MR) is 69.5 cm³/mol. The Hall–Kier alpha value is -1.06. The smallest absolute Gasteiger partial charge is 0.357 e. The molecule has 1 aromatic rings. The first-order valence-electron chi connectivity index (χ1n) is 6.11. The van der Waals surface area contributed by atoms with E-state index in [1.54, 1.807) is 0 Å². The normalized spacial score (nSPS) is 30.0. The molecule has 18 heavy (non-hydrogen) atoms. The number of hydrogen-bond donors (Lipinski definition) is 0. The lowest BCUT2D eigenvalue weighted by Gasteiger charge is -2.13. The third-order valence-electron chi connectivity index (χ3n) is 3.57. The maximum absolute atomic E-state index is 11.7. The predicted octanol–water partition coefficient (Wildman–Crippen LogP) is 2.99. The number of carbonyl (C=O) groups excluding carboxylic acids is 1. The maximum Gasteiger partial charge on any atom is 0.357 e. The van der Waals surface area contributed by atoms with E-state index >= 15 is 0 Å². The second kappa shape index (κ2) is 4.56. The first-order chi connectivity index (χ1) is 8.54. The number of halogens is 1. The Balaban J connectivity index is 2.33. The molecular formula is C14H17ClO3. The zero-order chi connectivity index (χ0) is 13.4. The second-order valence-corrected chi connectivity index (χ2v) is 4.95. The average molecular weight is 269 g/mol. The third-order valence-corrected chi connectivity index (χ3v) is 4.10. The van der Waals surface area contributed by atoms with Crippen molar-refractivity contribution in [3.05, 3.63) is 35.4 Å². The molecule has 0 spiro atoms. The molecule has 98 valence electrons. The van der Waals surface area contributed by atoms with Crippen molar-refractivity contribution in [2.75, 3.05) is 7.11 Å². The van der Waals surface area contributed by atoms with Gasteiger partial charge in [0.2, 0.25) is 0 Å². The number of methoxy groups -OCH3 is 1. The molecule has 1 aliphatic rings. The van der Waals surface area contributed by atoms with Crippen LogP contribution in [0.4, 0.5) is 0 Å². The molecule has 0 saturated carbocycles. The van der Waals surface area contributed by atoms with Gasteiger partial charge in [-0.05, 0) is 24.0 Å². The summed E-state index contributed by atoms with van der Waals surface area (Å²) in [6.07, 6.45) is 1.60. The quantitative estimate of drug-likeness (QED) is 0.479. The minimum Gasteiger partial charge on any atom is -0.466 e. The van der Waals surface area contributed by atoms with Gasteiger partial charge >= 0.3 is 5.97 Å². The molecule has 4 heteroatoms. The number of aryl methyl sites for hydroxylation is 1. The van der Waals surface area contributed by atoms with E-state index in [4.69, 9.17) is 21.1 Å². The average Bonchev–Trinajstić information content (AvgIpc) is 3.06. The van der Waals surface area contributed by atoms with Crippen molar-refractivity contribution >= 4 is 17.6 Å². The Morgan fingerprint density at radius 2 is 1.94 bits per heavy atom. The van der Waals surface area contributed by atoms with E-state index < -0.39 is 16.6 Å². The Kier molecular flexibility index (Phi) is 3.39.